The molecular formula is C15H19ClFN3OS. The smallest absolute Gasteiger partial charge is 0.261 e. The summed E-state index contributed by atoms with van der Waals surface area (Å²) in [4.78, 5) is 12.6. The van der Waals surface area contributed by atoms with Gasteiger partial charge in [-0.25, -0.2) is 4.39 Å². The average Bonchev–Trinajstić information content (AvgIpc) is 3.01. The van der Waals surface area contributed by atoms with Crippen LogP contribution in [0.2, 0.25) is 5.02 Å². The Kier molecular flexibility index (Phi) is 6.11. The first-order chi connectivity index (χ1) is 10.5. The highest BCUT2D eigenvalue weighted by atomic mass is 35.5. The maximum absolute atomic E-state index is 13.7. The van der Waals surface area contributed by atoms with Crippen molar-refractivity contribution < 1.29 is 9.18 Å². The monoisotopic (exact) mass is 343 g/mol. The van der Waals surface area contributed by atoms with E-state index >= 15 is 0 Å². The fourth-order valence-electron chi connectivity index (χ4n) is 2.63. The lowest BCUT2D eigenvalue weighted by molar-refractivity contribution is -0.117. The van der Waals surface area contributed by atoms with E-state index in [2.05, 4.69) is 5.32 Å². The second kappa shape index (κ2) is 7.85. The molecular weight excluding hydrogens is 325 g/mol. The Morgan fingerprint density at radius 3 is 2.68 bits per heavy atom. The summed E-state index contributed by atoms with van der Waals surface area (Å²) >= 11 is 6.77. The van der Waals surface area contributed by atoms with E-state index in [0.717, 1.165) is 37.6 Å². The molecule has 0 heterocycles. The molecule has 0 unspecified atom stereocenters. The average molecular weight is 344 g/mol. The van der Waals surface area contributed by atoms with Crippen LogP contribution >= 0.6 is 23.5 Å². The molecule has 1 aliphatic carbocycles. The molecule has 5 N–H and O–H groups in total. The van der Waals surface area contributed by atoms with E-state index in [9.17, 15) is 9.18 Å². The Hall–Kier alpha value is -1.24. The van der Waals surface area contributed by atoms with Crippen LogP contribution < -0.4 is 16.2 Å². The number of amides is 1. The summed E-state index contributed by atoms with van der Waals surface area (Å²) in [6, 6.07) is 4.39. The number of benzene rings is 1. The molecule has 0 atom stereocenters. The predicted octanol–water partition coefficient (Wildman–Crippen LogP) is 3.06. The maximum atomic E-state index is 13.7. The van der Waals surface area contributed by atoms with Crippen molar-refractivity contribution in [2.75, 3.05) is 0 Å². The van der Waals surface area contributed by atoms with Gasteiger partial charge in [0, 0.05) is 22.8 Å². The second-order valence-electron chi connectivity index (χ2n) is 5.27. The van der Waals surface area contributed by atoms with Gasteiger partial charge in [0.15, 0.2) is 0 Å². The number of nitrogens with one attached hydrogen (secondary N) is 1. The molecule has 0 aromatic heterocycles. The van der Waals surface area contributed by atoms with E-state index < -0.39 is 11.7 Å². The molecule has 0 radical (unpaired) electrons. The molecule has 0 aliphatic heterocycles. The number of nitrogens with two attached hydrogens (primary N) is 2. The van der Waals surface area contributed by atoms with E-state index in [4.69, 9.17) is 22.5 Å². The summed E-state index contributed by atoms with van der Waals surface area (Å²) in [7, 11) is 0. The molecule has 0 bridgehead atoms. The fourth-order valence-corrected chi connectivity index (χ4v) is 3.34. The second-order valence-corrected chi connectivity index (χ2v) is 6.32. The molecule has 1 amide bonds. The van der Waals surface area contributed by atoms with E-state index in [-0.39, 0.29) is 23.0 Å². The van der Waals surface area contributed by atoms with Crippen molar-refractivity contribution in [3.05, 3.63) is 45.2 Å². The first kappa shape index (κ1) is 17.1. The van der Waals surface area contributed by atoms with Crippen LogP contribution in [0.5, 0.6) is 0 Å². The van der Waals surface area contributed by atoms with Crippen LogP contribution in [0, 0.1) is 11.7 Å². The van der Waals surface area contributed by atoms with Crippen molar-refractivity contribution in [1.82, 2.24) is 5.32 Å². The van der Waals surface area contributed by atoms with Crippen molar-refractivity contribution in [1.29, 1.82) is 0 Å². The number of hydrogen-bond acceptors (Lipinski definition) is 4. The van der Waals surface area contributed by atoms with Gasteiger partial charge in [-0.05, 0) is 42.8 Å². The molecule has 120 valence electrons. The van der Waals surface area contributed by atoms with Crippen molar-refractivity contribution in [3.63, 3.8) is 0 Å². The van der Waals surface area contributed by atoms with Gasteiger partial charge < -0.3 is 11.1 Å². The van der Waals surface area contributed by atoms with Crippen molar-refractivity contribution >= 4 is 29.5 Å². The molecule has 22 heavy (non-hydrogen) atoms. The molecule has 1 aliphatic rings. The molecule has 7 heteroatoms. The zero-order chi connectivity index (χ0) is 16.1. The summed E-state index contributed by atoms with van der Waals surface area (Å²) in [5, 5.41) is 8.50. The minimum Gasteiger partial charge on any atom is -0.401 e. The molecule has 1 aromatic rings. The predicted molar refractivity (Wildman–Crippen MR) is 88.2 cm³/mol. The van der Waals surface area contributed by atoms with Gasteiger partial charge in [-0.1, -0.05) is 30.5 Å². The minimum absolute atomic E-state index is 0.00759. The molecule has 2 rings (SSSR count). The summed E-state index contributed by atoms with van der Waals surface area (Å²) in [6.07, 6.45) is 4.17. The Labute approximate surface area is 138 Å². The van der Waals surface area contributed by atoms with Crippen LogP contribution in [0.15, 0.2) is 28.8 Å². The molecule has 0 saturated heterocycles. The third-order valence-corrected chi connectivity index (χ3v) is 4.88. The largest absolute Gasteiger partial charge is 0.401 e. The van der Waals surface area contributed by atoms with Gasteiger partial charge in [-0.2, -0.15) is 0 Å². The van der Waals surface area contributed by atoms with E-state index in [1.165, 1.54) is 12.1 Å². The van der Waals surface area contributed by atoms with Crippen LogP contribution in [0.3, 0.4) is 0 Å². The standard InChI is InChI=1S/C15H19ClFN3OS/c16-11-6-3-7-12(17)10(11)8-20-15(21)14(22-19)13(18)9-4-1-2-5-9/h3,6-7,9H,1-2,4-5,8,18-19H2,(H,20,21)/b14-13-. The highest BCUT2D eigenvalue weighted by molar-refractivity contribution is 8.01. The lowest BCUT2D eigenvalue weighted by Gasteiger charge is -2.15. The molecule has 0 spiro atoms. The Morgan fingerprint density at radius 1 is 1.41 bits per heavy atom. The first-order valence-corrected chi connectivity index (χ1v) is 8.37. The van der Waals surface area contributed by atoms with Gasteiger partial charge in [-0.3, -0.25) is 9.93 Å². The van der Waals surface area contributed by atoms with Crippen molar-refractivity contribution in [3.8, 4) is 0 Å². The normalized spacial score (nSPS) is 16.5. The van der Waals surface area contributed by atoms with Gasteiger partial charge in [0.2, 0.25) is 0 Å². The van der Waals surface area contributed by atoms with Gasteiger partial charge >= 0.3 is 0 Å². The Balaban J connectivity index is 2.08. The van der Waals surface area contributed by atoms with Crippen LogP contribution in [-0.2, 0) is 11.3 Å². The lowest BCUT2D eigenvalue weighted by Crippen LogP contribution is -2.28. The lowest BCUT2D eigenvalue weighted by atomic mass is 10.0. The minimum atomic E-state index is -0.456. The first-order valence-electron chi connectivity index (χ1n) is 7.12. The van der Waals surface area contributed by atoms with Gasteiger partial charge in [0.05, 0.1) is 0 Å². The van der Waals surface area contributed by atoms with Crippen LogP contribution in [-0.4, -0.2) is 5.91 Å². The molecule has 1 fully saturated rings. The van der Waals surface area contributed by atoms with Crippen molar-refractivity contribution in [2.45, 2.75) is 32.2 Å². The topological polar surface area (TPSA) is 81.1 Å². The summed E-state index contributed by atoms with van der Waals surface area (Å²) in [6.45, 7) is -0.00759. The van der Waals surface area contributed by atoms with E-state index in [1.54, 1.807) is 6.07 Å². The summed E-state index contributed by atoms with van der Waals surface area (Å²) in [5.41, 5.74) is 6.86. The SMILES string of the molecule is NS/C(C(=O)NCc1c(F)cccc1Cl)=C(\N)C1CCCC1. The summed E-state index contributed by atoms with van der Waals surface area (Å²) in [5.74, 6) is -0.646. The van der Waals surface area contributed by atoms with Crippen molar-refractivity contribution in [2.24, 2.45) is 16.8 Å². The highest BCUT2D eigenvalue weighted by Crippen LogP contribution is 2.32. The zero-order valence-corrected chi connectivity index (χ0v) is 13.6. The maximum Gasteiger partial charge on any atom is 0.261 e. The van der Waals surface area contributed by atoms with E-state index in [0.29, 0.717) is 10.6 Å². The van der Waals surface area contributed by atoms with Crippen LogP contribution in [0.1, 0.15) is 31.2 Å². The quantitative estimate of drug-likeness (QED) is 0.567. The van der Waals surface area contributed by atoms with Crippen LogP contribution in [0.25, 0.3) is 0 Å². The highest BCUT2D eigenvalue weighted by Gasteiger charge is 2.23. The number of carbonyl (C=O) groups is 1. The number of halogens is 2. The zero-order valence-electron chi connectivity index (χ0n) is 12.1. The number of rotatable bonds is 5. The van der Waals surface area contributed by atoms with Gasteiger partial charge in [-0.15, -0.1) is 0 Å². The van der Waals surface area contributed by atoms with Crippen LogP contribution in [0.4, 0.5) is 4.39 Å². The third-order valence-electron chi connectivity index (χ3n) is 3.87. The van der Waals surface area contributed by atoms with Gasteiger partial charge in [0.1, 0.15) is 10.7 Å². The van der Waals surface area contributed by atoms with Gasteiger partial charge in [0.25, 0.3) is 5.91 Å². The Bertz CT molecular complexity index is 568. The molecule has 1 aromatic carbocycles. The third kappa shape index (κ3) is 3.94. The number of carbonyl (C=O) groups excluding carboxylic acids is 1. The fraction of sp³-hybridized carbons (Fsp3) is 0.400. The number of allylic oxidation sites excluding steroid dienone is 1. The molecule has 1 saturated carbocycles. The number of hydrogen-bond donors (Lipinski definition) is 3. The summed E-state index contributed by atoms with van der Waals surface area (Å²) < 4.78 is 13.7. The van der Waals surface area contributed by atoms with E-state index in [1.807, 2.05) is 0 Å². The Morgan fingerprint density at radius 2 is 2.09 bits per heavy atom. The molecule has 4 nitrogen and oxygen atoms in total.